The summed E-state index contributed by atoms with van der Waals surface area (Å²) in [5.74, 6) is 0. The van der Waals surface area contributed by atoms with Crippen LogP contribution in [0.3, 0.4) is 0 Å². The molecule has 1 N–H and O–H groups in total. The number of nitrogens with one attached hydrogen (secondary N) is 1. The molecule has 0 aromatic rings. The van der Waals surface area contributed by atoms with Crippen LogP contribution in [-0.4, -0.2) is 50.3 Å². The van der Waals surface area contributed by atoms with Crippen LogP contribution in [0.2, 0.25) is 0 Å². The standard InChI is InChI=1S/C12H26N2O/c1-11(2)14-8-5-6-12(15-4,7-9-14)10-13-3/h11,13H,5-10H2,1-4H3. The van der Waals surface area contributed by atoms with Crippen molar-refractivity contribution in [3.8, 4) is 0 Å². The number of likely N-dealkylation sites (tertiary alicyclic amines) is 1. The number of nitrogens with zero attached hydrogens (tertiary/aromatic N) is 1. The second-order valence-corrected chi connectivity index (χ2v) is 4.90. The fourth-order valence-corrected chi connectivity index (χ4v) is 2.48. The first kappa shape index (κ1) is 12.9. The minimum absolute atomic E-state index is 0.0678. The van der Waals surface area contributed by atoms with Crippen molar-refractivity contribution in [1.82, 2.24) is 10.2 Å². The Labute approximate surface area is 94.2 Å². The van der Waals surface area contributed by atoms with Gasteiger partial charge in [0.1, 0.15) is 0 Å². The second-order valence-electron chi connectivity index (χ2n) is 4.90. The second kappa shape index (κ2) is 5.83. The first-order chi connectivity index (χ1) is 7.13. The number of hydrogen-bond acceptors (Lipinski definition) is 3. The van der Waals surface area contributed by atoms with Crippen LogP contribution in [0, 0.1) is 0 Å². The highest BCUT2D eigenvalue weighted by atomic mass is 16.5. The molecule has 0 amide bonds. The molecular weight excluding hydrogens is 188 g/mol. The zero-order chi connectivity index (χ0) is 11.3. The van der Waals surface area contributed by atoms with Crippen LogP contribution in [0.15, 0.2) is 0 Å². The molecule has 15 heavy (non-hydrogen) atoms. The molecule has 1 heterocycles. The van der Waals surface area contributed by atoms with Crippen LogP contribution < -0.4 is 5.32 Å². The normalized spacial score (nSPS) is 29.4. The SMILES string of the molecule is CNCC1(OC)CCCN(C(C)C)CC1. The average molecular weight is 214 g/mol. The molecule has 3 heteroatoms. The summed E-state index contributed by atoms with van der Waals surface area (Å²) in [6.45, 7) is 7.89. The van der Waals surface area contributed by atoms with E-state index in [0.717, 1.165) is 19.5 Å². The molecule has 0 radical (unpaired) electrons. The molecule has 1 unspecified atom stereocenters. The largest absolute Gasteiger partial charge is 0.377 e. The predicted molar refractivity (Wildman–Crippen MR) is 64.2 cm³/mol. The van der Waals surface area contributed by atoms with Gasteiger partial charge < -0.3 is 15.0 Å². The topological polar surface area (TPSA) is 24.5 Å². The molecular formula is C12H26N2O. The fraction of sp³-hybridized carbons (Fsp3) is 1.00. The Morgan fingerprint density at radius 2 is 2.07 bits per heavy atom. The predicted octanol–water partition coefficient (Wildman–Crippen LogP) is 1.49. The van der Waals surface area contributed by atoms with E-state index < -0.39 is 0 Å². The zero-order valence-corrected chi connectivity index (χ0v) is 10.7. The first-order valence-corrected chi connectivity index (χ1v) is 6.07. The Bertz CT molecular complexity index is 184. The third-order valence-corrected chi connectivity index (χ3v) is 3.59. The Balaban J connectivity index is 2.56. The Morgan fingerprint density at radius 3 is 2.60 bits per heavy atom. The van der Waals surface area contributed by atoms with Gasteiger partial charge in [0.15, 0.2) is 0 Å². The average Bonchev–Trinajstić information content (AvgIpc) is 2.42. The van der Waals surface area contributed by atoms with Crippen molar-refractivity contribution in [2.24, 2.45) is 0 Å². The Kier molecular flexibility index (Phi) is 5.03. The van der Waals surface area contributed by atoms with Crippen LogP contribution in [-0.2, 0) is 4.74 Å². The van der Waals surface area contributed by atoms with E-state index >= 15 is 0 Å². The van der Waals surface area contributed by atoms with E-state index in [4.69, 9.17) is 4.74 Å². The van der Waals surface area contributed by atoms with Gasteiger partial charge in [-0.1, -0.05) is 0 Å². The highest BCUT2D eigenvalue weighted by Gasteiger charge is 2.32. The first-order valence-electron chi connectivity index (χ1n) is 6.07. The number of methoxy groups -OCH3 is 1. The maximum Gasteiger partial charge on any atom is 0.0815 e. The summed E-state index contributed by atoms with van der Waals surface area (Å²) in [4.78, 5) is 2.55. The third kappa shape index (κ3) is 3.44. The van der Waals surface area contributed by atoms with E-state index in [1.54, 1.807) is 0 Å². The van der Waals surface area contributed by atoms with E-state index in [9.17, 15) is 0 Å². The van der Waals surface area contributed by atoms with E-state index in [1.165, 1.54) is 19.4 Å². The van der Waals surface area contributed by atoms with E-state index in [2.05, 4.69) is 24.1 Å². The number of ether oxygens (including phenoxy) is 1. The minimum atomic E-state index is 0.0678. The zero-order valence-electron chi connectivity index (χ0n) is 10.7. The summed E-state index contributed by atoms with van der Waals surface area (Å²) in [6.07, 6.45) is 3.56. The molecule has 0 spiro atoms. The molecule has 1 rings (SSSR count). The molecule has 0 aliphatic carbocycles. The lowest BCUT2D eigenvalue weighted by molar-refractivity contribution is -0.0199. The van der Waals surface area contributed by atoms with Gasteiger partial charge >= 0.3 is 0 Å². The van der Waals surface area contributed by atoms with Crippen molar-refractivity contribution in [3.05, 3.63) is 0 Å². The smallest absolute Gasteiger partial charge is 0.0815 e. The van der Waals surface area contributed by atoms with Crippen LogP contribution in [0.4, 0.5) is 0 Å². The highest BCUT2D eigenvalue weighted by Crippen LogP contribution is 2.25. The van der Waals surface area contributed by atoms with E-state index in [1.807, 2.05) is 14.2 Å². The lowest BCUT2D eigenvalue weighted by Crippen LogP contribution is -2.42. The lowest BCUT2D eigenvalue weighted by atomic mass is 9.94. The Morgan fingerprint density at radius 1 is 1.33 bits per heavy atom. The summed E-state index contributed by atoms with van der Waals surface area (Å²) in [5.41, 5.74) is 0.0678. The molecule has 1 saturated heterocycles. The molecule has 3 nitrogen and oxygen atoms in total. The van der Waals surface area contributed by atoms with Gasteiger partial charge in [0.25, 0.3) is 0 Å². The fourth-order valence-electron chi connectivity index (χ4n) is 2.48. The van der Waals surface area contributed by atoms with Gasteiger partial charge in [0.05, 0.1) is 5.60 Å². The molecule has 0 aromatic heterocycles. The number of likely N-dealkylation sites (N-methyl/N-ethyl adjacent to an activating group) is 1. The summed E-state index contributed by atoms with van der Waals surface area (Å²) in [6, 6.07) is 0.659. The van der Waals surface area contributed by atoms with E-state index in [0.29, 0.717) is 6.04 Å². The van der Waals surface area contributed by atoms with Crippen molar-refractivity contribution in [1.29, 1.82) is 0 Å². The lowest BCUT2D eigenvalue weighted by Gasteiger charge is -2.31. The molecule has 1 fully saturated rings. The van der Waals surface area contributed by atoms with Gasteiger partial charge in [-0.3, -0.25) is 0 Å². The molecule has 1 aliphatic heterocycles. The maximum absolute atomic E-state index is 5.74. The minimum Gasteiger partial charge on any atom is -0.377 e. The molecule has 0 aromatic carbocycles. The number of hydrogen-bond donors (Lipinski definition) is 1. The van der Waals surface area contributed by atoms with Gasteiger partial charge in [0.2, 0.25) is 0 Å². The summed E-state index contributed by atoms with van der Waals surface area (Å²) < 4.78 is 5.74. The molecule has 0 saturated carbocycles. The van der Waals surface area contributed by atoms with Crippen LogP contribution in [0.25, 0.3) is 0 Å². The van der Waals surface area contributed by atoms with Gasteiger partial charge in [0, 0.05) is 26.2 Å². The van der Waals surface area contributed by atoms with E-state index in [-0.39, 0.29) is 5.60 Å². The quantitative estimate of drug-likeness (QED) is 0.767. The van der Waals surface area contributed by atoms with Crippen molar-refractivity contribution in [3.63, 3.8) is 0 Å². The number of rotatable bonds is 4. The van der Waals surface area contributed by atoms with Gasteiger partial charge in [-0.05, 0) is 46.7 Å². The Hall–Kier alpha value is -0.120. The summed E-state index contributed by atoms with van der Waals surface area (Å²) >= 11 is 0. The molecule has 1 atom stereocenters. The van der Waals surface area contributed by atoms with Crippen molar-refractivity contribution in [2.75, 3.05) is 33.8 Å². The van der Waals surface area contributed by atoms with Gasteiger partial charge in [-0.25, -0.2) is 0 Å². The monoisotopic (exact) mass is 214 g/mol. The molecule has 0 bridgehead atoms. The third-order valence-electron chi connectivity index (χ3n) is 3.59. The van der Waals surface area contributed by atoms with Gasteiger partial charge in [-0.15, -0.1) is 0 Å². The van der Waals surface area contributed by atoms with Crippen molar-refractivity contribution in [2.45, 2.75) is 44.8 Å². The molecule has 90 valence electrons. The summed E-state index contributed by atoms with van der Waals surface area (Å²) in [5, 5.41) is 3.26. The maximum atomic E-state index is 5.74. The summed E-state index contributed by atoms with van der Waals surface area (Å²) in [7, 11) is 3.86. The van der Waals surface area contributed by atoms with Crippen molar-refractivity contribution >= 4 is 0 Å². The van der Waals surface area contributed by atoms with Crippen LogP contribution in [0.5, 0.6) is 0 Å². The van der Waals surface area contributed by atoms with Crippen LogP contribution in [0.1, 0.15) is 33.1 Å². The van der Waals surface area contributed by atoms with Gasteiger partial charge in [-0.2, -0.15) is 0 Å². The molecule has 1 aliphatic rings. The van der Waals surface area contributed by atoms with Crippen LogP contribution >= 0.6 is 0 Å². The van der Waals surface area contributed by atoms with Crippen molar-refractivity contribution < 1.29 is 4.74 Å². The highest BCUT2D eigenvalue weighted by molar-refractivity contribution is 4.87.